The van der Waals surface area contributed by atoms with Crippen molar-refractivity contribution in [1.29, 1.82) is 0 Å². The number of nitrogens with one attached hydrogen (secondary N) is 1. The van der Waals surface area contributed by atoms with Gasteiger partial charge in [0.15, 0.2) is 5.13 Å². The zero-order valence-electron chi connectivity index (χ0n) is 11.4. The molecule has 3 nitrogen and oxygen atoms in total. The second-order valence-corrected chi connectivity index (χ2v) is 5.46. The number of halogens is 4. The SMILES string of the molecule is Fc1ccc(C(F)(F)F)cc1Nc1nc(-c2cccnc2)cs1. The van der Waals surface area contributed by atoms with E-state index in [-0.39, 0.29) is 5.69 Å². The first-order chi connectivity index (χ1) is 10.9. The van der Waals surface area contributed by atoms with Crippen LogP contribution in [0.15, 0.2) is 48.1 Å². The Hall–Kier alpha value is -2.48. The van der Waals surface area contributed by atoms with Crippen LogP contribution in [0.4, 0.5) is 28.4 Å². The van der Waals surface area contributed by atoms with E-state index < -0.39 is 17.6 Å². The average Bonchev–Trinajstić information content (AvgIpc) is 2.98. The average molecular weight is 339 g/mol. The predicted octanol–water partition coefficient (Wildman–Crippen LogP) is 5.11. The predicted molar refractivity (Wildman–Crippen MR) is 80.0 cm³/mol. The zero-order chi connectivity index (χ0) is 16.4. The molecule has 0 aliphatic rings. The number of aromatic nitrogens is 2. The Morgan fingerprint density at radius 1 is 1.13 bits per heavy atom. The monoisotopic (exact) mass is 339 g/mol. The highest BCUT2D eigenvalue weighted by Gasteiger charge is 2.31. The van der Waals surface area contributed by atoms with Gasteiger partial charge in [-0.05, 0) is 30.3 Å². The molecule has 0 atom stereocenters. The van der Waals surface area contributed by atoms with Gasteiger partial charge in [0.2, 0.25) is 0 Å². The van der Waals surface area contributed by atoms with Gasteiger partial charge in [0, 0.05) is 23.3 Å². The molecular weight excluding hydrogens is 330 g/mol. The van der Waals surface area contributed by atoms with Crippen LogP contribution in [0.5, 0.6) is 0 Å². The molecule has 8 heteroatoms. The second-order valence-electron chi connectivity index (χ2n) is 4.60. The number of alkyl halides is 3. The highest BCUT2D eigenvalue weighted by molar-refractivity contribution is 7.14. The van der Waals surface area contributed by atoms with Gasteiger partial charge in [-0.1, -0.05) is 0 Å². The quantitative estimate of drug-likeness (QED) is 0.674. The van der Waals surface area contributed by atoms with E-state index in [1.54, 1.807) is 29.9 Å². The molecule has 3 aromatic rings. The molecule has 0 fully saturated rings. The van der Waals surface area contributed by atoms with E-state index in [1.165, 1.54) is 0 Å². The van der Waals surface area contributed by atoms with Crippen molar-refractivity contribution < 1.29 is 17.6 Å². The maximum Gasteiger partial charge on any atom is 0.416 e. The molecule has 3 rings (SSSR count). The number of hydrogen-bond donors (Lipinski definition) is 1. The lowest BCUT2D eigenvalue weighted by atomic mass is 10.2. The molecule has 1 aromatic carbocycles. The van der Waals surface area contributed by atoms with Gasteiger partial charge >= 0.3 is 6.18 Å². The number of anilines is 2. The van der Waals surface area contributed by atoms with Crippen molar-refractivity contribution in [3.05, 3.63) is 59.5 Å². The first kappa shape index (κ1) is 15.4. The van der Waals surface area contributed by atoms with Crippen molar-refractivity contribution in [2.75, 3.05) is 5.32 Å². The van der Waals surface area contributed by atoms with E-state index in [9.17, 15) is 17.6 Å². The Kier molecular flexibility index (Phi) is 3.99. The maximum absolute atomic E-state index is 13.7. The van der Waals surface area contributed by atoms with Crippen molar-refractivity contribution in [2.45, 2.75) is 6.18 Å². The van der Waals surface area contributed by atoms with Gasteiger partial charge in [0.1, 0.15) is 5.82 Å². The minimum absolute atomic E-state index is 0.271. The van der Waals surface area contributed by atoms with Gasteiger partial charge in [0.25, 0.3) is 0 Å². The van der Waals surface area contributed by atoms with E-state index in [4.69, 9.17) is 0 Å². The Morgan fingerprint density at radius 3 is 2.65 bits per heavy atom. The largest absolute Gasteiger partial charge is 0.416 e. The molecule has 0 spiro atoms. The number of hydrogen-bond acceptors (Lipinski definition) is 4. The van der Waals surface area contributed by atoms with Crippen LogP contribution in [0.3, 0.4) is 0 Å². The standard InChI is InChI=1S/C15H9F4N3S/c16-11-4-3-10(15(17,18)19)6-12(11)21-14-22-13(8-23-14)9-2-1-5-20-7-9/h1-8H,(H,21,22). The molecule has 0 radical (unpaired) electrons. The fourth-order valence-corrected chi connectivity index (χ4v) is 2.62. The molecule has 1 N–H and O–H groups in total. The van der Waals surface area contributed by atoms with Crippen LogP contribution >= 0.6 is 11.3 Å². The molecule has 0 aliphatic heterocycles. The second kappa shape index (κ2) is 5.96. The van der Waals surface area contributed by atoms with Crippen LogP contribution in [0.25, 0.3) is 11.3 Å². The fourth-order valence-electron chi connectivity index (χ4n) is 1.89. The van der Waals surface area contributed by atoms with Crippen LogP contribution in [0.2, 0.25) is 0 Å². The third-order valence-corrected chi connectivity index (χ3v) is 3.75. The van der Waals surface area contributed by atoms with E-state index in [0.29, 0.717) is 16.9 Å². The lowest BCUT2D eigenvalue weighted by molar-refractivity contribution is -0.137. The summed E-state index contributed by atoms with van der Waals surface area (Å²) in [6.45, 7) is 0. The van der Waals surface area contributed by atoms with E-state index in [1.807, 2.05) is 0 Å². The Bertz CT molecular complexity index is 815. The van der Waals surface area contributed by atoms with Crippen LogP contribution in [-0.4, -0.2) is 9.97 Å². The van der Waals surface area contributed by atoms with Crippen molar-refractivity contribution in [1.82, 2.24) is 9.97 Å². The first-order valence-corrected chi connectivity index (χ1v) is 7.31. The van der Waals surface area contributed by atoms with Gasteiger partial charge in [-0.3, -0.25) is 4.98 Å². The summed E-state index contributed by atoms with van der Waals surface area (Å²) < 4.78 is 51.8. The van der Waals surface area contributed by atoms with E-state index in [2.05, 4.69) is 15.3 Å². The van der Waals surface area contributed by atoms with Crippen molar-refractivity contribution >= 4 is 22.2 Å². The number of thiazole rings is 1. The number of nitrogens with zero attached hydrogens (tertiary/aromatic N) is 2. The number of pyridine rings is 1. The van der Waals surface area contributed by atoms with Crippen LogP contribution < -0.4 is 5.32 Å². The third kappa shape index (κ3) is 3.48. The van der Waals surface area contributed by atoms with Crippen molar-refractivity contribution in [2.24, 2.45) is 0 Å². The summed E-state index contributed by atoms with van der Waals surface area (Å²) in [5.41, 5.74) is 0.177. The van der Waals surface area contributed by atoms with E-state index in [0.717, 1.165) is 29.0 Å². The maximum atomic E-state index is 13.7. The Labute approximate surface area is 132 Å². The number of rotatable bonds is 3. The summed E-state index contributed by atoms with van der Waals surface area (Å²) in [6, 6.07) is 5.75. The Morgan fingerprint density at radius 2 is 1.96 bits per heavy atom. The smallest absolute Gasteiger partial charge is 0.329 e. The lowest BCUT2D eigenvalue weighted by Gasteiger charge is -2.10. The number of benzene rings is 1. The van der Waals surface area contributed by atoms with Gasteiger partial charge in [-0.2, -0.15) is 13.2 Å². The molecule has 118 valence electrons. The molecule has 0 unspecified atom stereocenters. The topological polar surface area (TPSA) is 37.8 Å². The summed E-state index contributed by atoms with van der Waals surface area (Å²) in [6.07, 6.45) is -1.30. The highest BCUT2D eigenvalue weighted by atomic mass is 32.1. The summed E-state index contributed by atoms with van der Waals surface area (Å²) >= 11 is 1.16. The van der Waals surface area contributed by atoms with Crippen LogP contribution in [-0.2, 0) is 6.18 Å². The molecule has 0 saturated heterocycles. The van der Waals surface area contributed by atoms with Crippen molar-refractivity contribution in [3.8, 4) is 11.3 Å². The van der Waals surface area contributed by atoms with Gasteiger partial charge in [0.05, 0.1) is 16.9 Å². The highest BCUT2D eigenvalue weighted by Crippen LogP contribution is 2.33. The van der Waals surface area contributed by atoms with Crippen LogP contribution in [0.1, 0.15) is 5.56 Å². The minimum Gasteiger partial charge on any atom is -0.329 e. The molecule has 2 heterocycles. The molecule has 0 aliphatic carbocycles. The molecule has 0 amide bonds. The molecule has 0 bridgehead atoms. The van der Waals surface area contributed by atoms with Gasteiger partial charge in [-0.15, -0.1) is 11.3 Å². The first-order valence-electron chi connectivity index (χ1n) is 6.43. The molecule has 2 aromatic heterocycles. The summed E-state index contributed by atoms with van der Waals surface area (Å²) in [7, 11) is 0. The normalized spacial score (nSPS) is 11.5. The minimum atomic E-state index is -4.53. The van der Waals surface area contributed by atoms with Gasteiger partial charge in [-0.25, -0.2) is 9.37 Å². The molecular formula is C15H9F4N3S. The Balaban J connectivity index is 1.87. The van der Waals surface area contributed by atoms with Crippen molar-refractivity contribution in [3.63, 3.8) is 0 Å². The third-order valence-electron chi connectivity index (χ3n) is 3.00. The van der Waals surface area contributed by atoms with E-state index >= 15 is 0 Å². The summed E-state index contributed by atoms with van der Waals surface area (Å²) in [5, 5.41) is 4.59. The van der Waals surface area contributed by atoms with Gasteiger partial charge < -0.3 is 5.32 Å². The molecule has 23 heavy (non-hydrogen) atoms. The lowest BCUT2D eigenvalue weighted by Crippen LogP contribution is -2.06. The summed E-state index contributed by atoms with van der Waals surface area (Å²) in [5.74, 6) is -0.781. The zero-order valence-corrected chi connectivity index (χ0v) is 12.2. The molecule has 0 saturated carbocycles. The fraction of sp³-hybridized carbons (Fsp3) is 0.0667. The summed E-state index contributed by atoms with van der Waals surface area (Å²) in [4.78, 5) is 8.19. The van der Waals surface area contributed by atoms with Crippen LogP contribution in [0, 0.1) is 5.82 Å².